The zero-order valence-corrected chi connectivity index (χ0v) is 22.7. The predicted molar refractivity (Wildman–Crippen MR) is 147 cm³/mol. The molecule has 0 saturated carbocycles. The van der Waals surface area contributed by atoms with Crippen molar-refractivity contribution in [2.24, 2.45) is 4.99 Å². The second kappa shape index (κ2) is 9.99. The molecule has 1 N–H and O–H groups in total. The molecule has 188 valence electrons. The highest BCUT2D eigenvalue weighted by molar-refractivity contribution is 9.10. The number of phenols is 1. The molecular weight excluding hydrogens is 556 g/mol. The van der Waals surface area contributed by atoms with E-state index in [2.05, 4.69) is 20.9 Å². The summed E-state index contributed by atoms with van der Waals surface area (Å²) in [6.45, 7) is 3.66. The van der Waals surface area contributed by atoms with E-state index in [0.29, 0.717) is 31.9 Å². The topological polar surface area (TPSA) is 90.1 Å². The monoisotopic (exact) mass is 578 g/mol. The Morgan fingerprint density at radius 3 is 2.76 bits per heavy atom. The van der Waals surface area contributed by atoms with Gasteiger partial charge in [-0.05, 0) is 55.0 Å². The van der Waals surface area contributed by atoms with Crippen molar-refractivity contribution in [3.8, 4) is 11.5 Å². The zero-order chi connectivity index (χ0) is 26.3. The van der Waals surface area contributed by atoms with Crippen molar-refractivity contribution in [2.75, 3.05) is 13.7 Å². The standard InChI is InChI=1S/C28H23BrN2O5S/c1-4-36-27(34)23-15(2)30-28-31(26(33)22(37-28)14-17-13-18(29)10-11-20(17)32)25(23)24-19-8-6-5-7-16(19)9-12-21(24)35-3/h5-14,25,32H,4H2,1-3H3/b22-14-/t25-/m0/s1. The number of hydrogen-bond acceptors (Lipinski definition) is 7. The maximum Gasteiger partial charge on any atom is 0.338 e. The summed E-state index contributed by atoms with van der Waals surface area (Å²) < 4.78 is 13.8. The number of ether oxygens (including phenoxy) is 2. The van der Waals surface area contributed by atoms with Crippen LogP contribution in [0.3, 0.4) is 0 Å². The number of thiazole rings is 1. The van der Waals surface area contributed by atoms with Crippen LogP contribution in [0, 0.1) is 0 Å². The number of phenolic OH excluding ortho intramolecular Hbond substituents is 1. The van der Waals surface area contributed by atoms with Gasteiger partial charge in [0.15, 0.2) is 4.80 Å². The normalized spacial score (nSPS) is 15.5. The quantitative estimate of drug-likeness (QED) is 0.354. The molecule has 1 aromatic heterocycles. The Hall–Kier alpha value is -3.69. The van der Waals surface area contributed by atoms with Crippen molar-refractivity contribution < 1.29 is 19.4 Å². The van der Waals surface area contributed by atoms with Gasteiger partial charge in [-0.3, -0.25) is 9.36 Å². The van der Waals surface area contributed by atoms with E-state index in [0.717, 1.165) is 15.2 Å². The molecule has 7 nitrogen and oxygen atoms in total. The number of esters is 1. The molecule has 0 bridgehead atoms. The number of benzene rings is 3. The van der Waals surface area contributed by atoms with E-state index in [-0.39, 0.29) is 23.5 Å². The Bertz CT molecular complexity index is 1770. The summed E-state index contributed by atoms with van der Waals surface area (Å²) in [6, 6.07) is 15.7. The molecule has 0 aliphatic carbocycles. The van der Waals surface area contributed by atoms with E-state index in [1.165, 1.54) is 15.9 Å². The molecule has 5 rings (SSSR count). The van der Waals surface area contributed by atoms with Gasteiger partial charge in [0, 0.05) is 15.6 Å². The fourth-order valence-electron chi connectivity index (χ4n) is 4.58. The van der Waals surface area contributed by atoms with E-state index in [9.17, 15) is 14.7 Å². The minimum atomic E-state index is -0.824. The SMILES string of the molecule is CCOC(=O)C1=C(C)N=c2s/c(=C\c3cc(Br)ccc3O)c(=O)n2[C@@H]1c1c(OC)ccc2ccccc12. The molecule has 2 heterocycles. The van der Waals surface area contributed by atoms with Crippen LogP contribution in [0.4, 0.5) is 0 Å². The van der Waals surface area contributed by atoms with Crippen molar-refractivity contribution in [1.29, 1.82) is 0 Å². The van der Waals surface area contributed by atoms with Crippen LogP contribution < -0.4 is 19.6 Å². The van der Waals surface area contributed by atoms with Crippen molar-refractivity contribution in [3.63, 3.8) is 0 Å². The van der Waals surface area contributed by atoms with Gasteiger partial charge in [-0.25, -0.2) is 9.79 Å². The lowest BCUT2D eigenvalue weighted by Gasteiger charge is -2.27. The summed E-state index contributed by atoms with van der Waals surface area (Å²) in [5.41, 5.74) is 1.57. The van der Waals surface area contributed by atoms with Crippen LogP contribution in [0.2, 0.25) is 0 Å². The molecular formula is C28H23BrN2O5S. The smallest absolute Gasteiger partial charge is 0.338 e. The highest BCUT2D eigenvalue weighted by Crippen LogP contribution is 2.40. The van der Waals surface area contributed by atoms with Crippen LogP contribution in [0.15, 0.2) is 80.1 Å². The number of hydrogen-bond donors (Lipinski definition) is 1. The molecule has 0 fully saturated rings. The van der Waals surface area contributed by atoms with Gasteiger partial charge in [0.2, 0.25) is 0 Å². The van der Waals surface area contributed by atoms with Gasteiger partial charge in [-0.15, -0.1) is 0 Å². The highest BCUT2D eigenvalue weighted by atomic mass is 79.9. The van der Waals surface area contributed by atoms with Crippen LogP contribution in [-0.2, 0) is 9.53 Å². The third kappa shape index (κ3) is 4.38. The minimum absolute atomic E-state index is 0.0460. The second-order valence-corrected chi connectivity index (χ2v) is 10.3. The molecule has 4 aromatic rings. The van der Waals surface area contributed by atoms with Gasteiger partial charge in [-0.2, -0.15) is 0 Å². The molecule has 0 radical (unpaired) electrons. The average Bonchev–Trinajstić information content (AvgIpc) is 3.19. The summed E-state index contributed by atoms with van der Waals surface area (Å²) in [5, 5.41) is 12.1. The van der Waals surface area contributed by atoms with E-state index in [1.54, 1.807) is 45.2 Å². The lowest BCUT2D eigenvalue weighted by molar-refractivity contribution is -0.139. The first-order valence-corrected chi connectivity index (χ1v) is 13.2. The number of nitrogens with zero attached hydrogens (tertiary/aromatic N) is 2. The summed E-state index contributed by atoms with van der Waals surface area (Å²) in [5.74, 6) is 0.0479. The maximum absolute atomic E-state index is 13.9. The molecule has 1 aliphatic heterocycles. The van der Waals surface area contributed by atoms with Crippen molar-refractivity contribution in [2.45, 2.75) is 19.9 Å². The third-order valence-corrected chi connectivity index (χ3v) is 7.69. The first-order valence-electron chi connectivity index (χ1n) is 11.6. The number of fused-ring (bicyclic) bond motifs is 2. The lowest BCUT2D eigenvalue weighted by atomic mass is 9.90. The largest absolute Gasteiger partial charge is 0.507 e. The van der Waals surface area contributed by atoms with Crippen LogP contribution in [0.25, 0.3) is 16.8 Å². The fourth-order valence-corrected chi connectivity index (χ4v) is 6.00. The van der Waals surface area contributed by atoms with Crippen LogP contribution in [0.1, 0.15) is 31.0 Å². The Morgan fingerprint density at radius 2 is 2.00 bits per heavy atom. The fraction of sp³-hybridized carbons (Fsp3) is 0.179. The van der Waals surface area contributed by atoms with E-state index in [1.807, 2.05) is 36.4 Å². The first-order chi connectivity index (χ1) is 17.8. The Balaban J connectivity index is 1.86. The van der Waals surface area contributed by atoms with Crippen LogP contribution in [0.5, 0.6) is 11.5 Å². The predicted octanol–water partition coefficient (Wildman–Crippen LogP) is 4.43. The number of halogens is 1. The molecule has 0 amide bonds. The van der Waals surface area contributed by atoms with Gasteiger partial charge < -0.3 is 14.6 Å². The van der Waals surface area contributed by atoms with E-state index in [4.69, 9.17) is 9.47 Å². The Labute approximate surface area is 224 Å². The number of aromatic hydroxyl groups is 1. The Morgan fingerprint density at radius 1 is 1.22 bits per heavy atom. The molecule has 37 heavy (non-hydrogen) atoms. The summed E-state index contributed by atoms with van der Waals surface area (Å²) in [4.78, 5) is 32.3. The first kappa shape index (κ1) is 25.0. The molecule has 9 heteroatoms. The number of aromatic nitrogens is 1. The van der Waals surface area contributed by atoms with Gasteiger partial charge in [0.1, 0.15) is 17.5 Å². The average molecular weight is 579 g/mol. The molecule has 0 spiro atoms. The summed E-state index contributed by atoms with van der Waals surface area (Å²) in [6.07, 6.45) is 1.63. The van der Waals surface area contributed by atoms with Gasteiger partial charge >= 0.3 is 5.97 Å². The van der Waals surface area contributed by atoms with Crippen molar-refractivity contribution in [3.05, 3.63) is 101 Å². The van der Waals surface area contributed by atoms with Crippen LogP contribution in [-0.4, -0.2) is 29.4 Å². The third-order valence-electron chi connectivity index (χ3n) is 6.22. The van der Waals surface area contributed by atoms with Gasteiger partial charge in [0.25, 0.3) is 5.56 Å². The second-order valence-electron chi connectivity index (χ2n) is 8.41. The zero-order valence-electron chi connectivity index (χ0n) is 20.3. The number of carbonyl (C=O) groups is 1. The van der Waals surface area contributed by atoms with E-state index >= 15 is 0 Å². The molecule has 3 aromatic carbocycles. The molecule has 1 aliphatic rings. The van der Waals surface area contributed by atoms with Crippen molar-refractivity contribution >= 4 is 50.1 Å². The highest BCUT2D eigenvalue weighted by Gasteiger charge is 2.36. The van der Waals surface area contributed by atoms with E-state index < -0.39 is 12.0 Å². The maximum atomic E-state index is 13.9. The summed E-state index contributed by atoms with van der Waals surface area (Å²) >= 11 is 4.60. The number of rotatable bonds is 5. The van der Waals surface area contributed by atoms with Crippen molar-refractivity contribution in [1.82, 2.24) is 4.57 Å². The number of allylic oxidation sites excluding steroid dienone is 1. The minimum Gasteiger partial charge on any atom is -0.507 e. The Kier molecular flexibility index (Phi) is 6.74. The number of methoxy groups -OCH3 is 1. The molecule has 0 saturated heterocycles. The lowest BCUT2D eigenvalue weighted by Crippen LogP contribution is -2.40. The van der Waals surface area contributed by atoms with Gasteiger partial charge in [0.05, 0.1) is 29.5 Å². The summed E-state index contributed by atoms with van der Waals surface area (Å²) in [7, 11) is 1.56. The van der Waals surface area contributed by atoms with Gasteiger partial charge in [-0.1, -0.05) is 57.6 Å². The molecule has 1 atom stereocenters. The molecule has 0 unspecified atom stereocenters. The number of carbonyl (C=O) groups excluding carboxylic acids is 1. The van der Waals surface area contributed by atoms with Crippen LogP contribution >= 0.6 is 27.3 Å².